The molecular weight excluding hydrogens is 354 g/mol. The van der Waals surface area contributed by atoms with E-state index in [1.54, 1.807) is 37.4 Å². The fourth-order valence-electron chi connectivity index (χ4n) is 2.86. The number of pyridine rings is 1. The van der Waals surface area contributed by atoms with E-state index in [0.717, 1.165) is 11.4 Å². The van der Waals surface area contributed by atoms with Crippen LogP contribution in [-0.2, 0) is 0 Å². The van der Waals surface area contributed by atoms with Crippen LogP contribution in [0.15, 0.2) is 66.9 Å². The molecule has 2 aromatic carbocycles. The van der Waals surface area contributed by atoms with Crippen molar-refractivity contribution in [2.24, 2.45) is 0 Å². The van der Waals surface area contributed by atoms with Gasteiger partial charge in [-0.05, 0) is 43.3 Å². The average molecular weight is 377 g/mol. The van der Waals surface area contributed by atoms with E-state index in [9.17, 15) is 4.79 Å². The summed E-state index contributed by atoms with van der Waals surface area (Å²) in [5, 5.41) is 3.20. The number of nitrogens with one attached hydrogen (secondary N) is 1. The molecule has 0 unspecified atom stereocenters. The molecule has 1 heterocycles. The minimum atomic E-state index is -0.0844. The summed E-state index contributed by atoms with van der Waals surface area (Å²) in [7, 11) is 3.18. The van der Waals surface area contributed by atoms with Crippen LogP contribution in [0.25, 0.3) is 0 Å². The van der Waals surface area contributed by atoms with Crippen LogP contribution in [0.3, 0.4) is 0 Å². The molecule has 0 spiro atoms. The highest BCUT2D eigenvalue weighted by atomic mass is 16.5. The Bertz CT molecular complexity index is 928. The molecule has 0 aliphatic rings. The molecule has 1 amide bonds. The highest BCUT2D eigenvalue weighted by Crippen LogP contribution is 2.30. The Labute approximate surface area is 164 Å². The van der Waals surface area contributed by atoms with Gasteiger partial charge in [0.05, 0.1) is 19.8 Å². The number of benzene rings is 2. The molecule has 0 bridgehead atoms. The first kappa shape index (κ1) is 19.2. The number of nitrogens with zero attached hydrogens (tertiary/aromatic N) is 2. The van der Waals surface area contributed by atoms with Crippen LogP contribution in [0.4, 0.5) is 17.2 Å². The SMILES string of the molecule is CCN(C(=O)c1ccc(Nc2ccc(OC)c(OC)c2)nc1)c1ccccc1. The Hall–Kier alpha value is -3.54. The number of hydrogen-bond donors (Lipinski definition) is 1. The van der Waals surface area contributed by atoms with Gasteiger partial charge in [0.1, 0.15) is 5.82 Å². The zero-order valence-electron chi connectivity index (χ0n) is 16.2. The van der Waals surface area contributed by atoms with Gasteiger partial charge in [-0.1, -0.05) is 18.2 Å². The van der Waals surface area contributed by atoms with Crippen LogP contribution in [-0.4, -0.2) is 31.7 Å². The van der Waals surface area contributed by atoms with E-state index in [0.29, 0.717) is 29.4 Å². The lowest BCUT2D eigenvalue weighted by Gasteiger charge is -2.21. The summed E-state index contributed by atoms with van der Waals surface area (Å²) in [6.45, 7) is 2.53. The van der Waals surface area contributed by atoms with E-state index in [-0.39, 0.29) is 5.91 Å². The molecule has 0 saturated heterocycles. The second-order valence-electron chi connectivity index (χ2n) is 6.01. The van der Waals surface area contributed by atoms with Crippen LogP contribution in [0.1, 0.15) is 17.3 Å². The van der Waals surface area contributed by atoms with E-state index >= 15 is 0 Å². The molecule has 1 aromatic heterocycles. The number of rotatable bonds is 7. The molecule has 3 rings (SSSR count). The topological polar surface area (TPSA) is 63.7 Å². The van der Waals surface area contributed by atoms with Gasteiger partial charge >= 0.3 is 0 Å². The average Bonchev–Trinajstić information content (AvgIpc) is 2.75. The second kappa shape index (κ2) is 8.90. The Morgan fingerprint density at radius 3 is 2.36 bits per heavy atom. The molecule has 0 atom stereocenters. The summed E-state index contributed by atoms with van der Waals surface area (Å²) >= 11 is 0. The van der Waals surface area contributed by atoms with Crippen molar-refractivity contribution in [1.29, 1.82) is 0 Å². The number of amides is 1. The predicted molar refractivity (Wildman–Crippen MR) is 111 cm³/mol. The molecule has 6 nitrogen and oxygen atoms in total. The van der Waals surface area contributed by atoms with Gasteiger partial charge in [0.15, 0.2) is 11.5 Å². The fourth-order valence-corrected chi connectivity index (χ4v) is 2.86. The minimum Gasteiger partial charge on any atom is -0.493 e. The summed E-state index contributed by atoms with van der Waals surface area (Å²) in [5.41, 5.74) is 2.20. The number of para-hydroxylation sites is 1. The summed E-state index contributed by atoms with van der Waals surface area (Å²) in [6.07, 6.45) is 1.58. The zero-order valence-corrected chi connectivity index (χ0v) is 16.2. The van der Waals surface area contributed by atoms with Crippen molar-refractivity contribution < 1.29 is 14.3 Å². The van der Waals surface area contributed by atoms with Crippen LogP contribution >= 0.6 is 0 Å². The molecule has 28 heavy (non-hydrogen) atoms. The van der Waals surface area contributed by atoms with E-state index in [1.165, 1.54) is 0 Å². The van der Waals surface area contributed by atoms with E-state index < -0.39 is 0 Å². The van der Waals surface area contributed by atoms with Gasteiger partial charge in [0.2, 0.25) is 0 Å². The highest BCUT2D eigenvalue weighted by molar-refractivity contribution is 6.05. The lowest BCUT2D eigenvalue weighted by molar-refractivity contribution is 0.0988. The van der Waals surface area contributed by atoms with Crippen molar-refractivity contribution in [2.45, 2.75) is 6.92 Å². The summed E-state index contributed by atoms with van der Waals surface area (Å²) < 4.78 is 10.6. The molecule has 0 aliphatic heterocycles. The van der Waals surface area contributed by atoms with Crippen molar-refractivity contribution in [3.63, 3.8) is 0 Å². The number of ether oxygens (including phenoxy) is 2. The standard InChI is InChI=1S/C22H23N3O3/c1-4-25(18-8-6-5-7-9-18)22(26)16-10-13-21(23-15-16)24-17-11-12-19(27-2)20(14-17)28-3/h5-15H,4H2,1-3H3,(H,23,24). The first-order valence-electron chi connectivity index (χ1n) is 8.98. The minimum absolute atomic E-state index is 0.0844. The Morgan fingerprint density at radius 1 is 1.00 bits per heavy atom. The lowest BCUT2D eigenvalue weighted by Crippen LogP contribution is -2.30. The van der Waals surface area contributed by atoms with Crippen molar-refractivity contribution >= 4 is 23.1 Å². The van der Waals surface area contributed by atoms with Crippen LogP contribution in [0.2, 0.25) is 0 Å². The van der Waals surface area contributed by atoms with E-state index in [1.807, 2.05) is 55.5 Å². The maximum atomic E-state index is 12.8. The number of anilines is 3. The number of hydrogen-bond acceptors (Lipinski definition) is 5. The lowest BCUT2D eigenvalue weighted by atomic mass is 10.2. The van der Waals surface area contributed by atoms with Crippen molar-refractivity contribution in [2.75, 3.05) is 31.0 Å². The zero-order chi connectivity index (χ0) is 19.9. The maximum absolute atomic E-state index is 12.8. The first-order valence-corrected chi connectivity index (χ1v) is 8.98. The Kier molecular flexibility index (Phi) is 6.11. The largest absolute Gasteiger partial charge is 0.493 e. The quantitative estimate of drug-likeness (QED) is 0.656. The van der Waals surface area contributed by atoms with Gasteiger partial charge < -0.3 is 19.7 Å². The Balaban J connectivity index is 1.75. The number of aromatic nitrogens is 1. The van der Waals surface area contributed by atoms with E-state index in [4.69, 9.17) is 9.47 Å². The monoisotopic (exact) mass is 377 g/mol. The molecule has 0 saturated carbocycles. The van der Waals surface area contributed by atoms with Gasteiger partial charge in [-0.2, -0.15) is 0 Å². The number of methoxy groups -OCH3 is 2. The second-order valence-corrected chi connectivity index (χ2v) is 6.01. The molecule has 0 aliphatic carbocycles. The summed E-state index contributed by atoms with van der Waals surface area (Å²) in [6, 6.07) is 18.7. The highest BCUT2D eigenvalue weighted by Gasteiger charge is 2.16. The molecule has 0 fully saturated rings. The third-order valence-corrected chi connectivity index (χ3v) is 4.30. The van der Waals surface area contributed by atoms with Crippen molar-refractivity contribution in [3.8, 4) is 11.5 Å². The Morgan fingerprint density at radius 2 is 1.75 bits per heavy atom. The summed E-state index contributed by atoms with van der Waals surface area (Å²) in [4.78, 5) is 18.9. The molecule has 0 radical (unpaired) electrons. The van der Waals surface area contributed by atoms with Crippen LogP contribution < -0.4 is 19.7 Å². The van der Waals surface area contributed by atoms with Gasteiger partial charge in [0.25, 0.3) is 5.91 Å². The molecule has 6 heteroatoms. The van der Waals surface area contributed by atoms with Crippen molar-refractivity contribution in [1.82, 2.24) is 4.98 Å². The maximum Gasteiger partial charge on any atom is 0.259 e. The smallest absolute Gasteiger partial charge is 0.259 e. The molecule has 3 aromatic rings. The fraction of sp³-hybridized carbons (Fsp3) is 0.182. The molecule has 144 valence electrons. The van der Waals surface area contributed by atoms with Crippen LogP contribution in [0, 0.1) is 0 Å². The van der Waals surface area contributed by atoms with Gasteiger partial charge in [-0.25, -0.2) is 4.98 Å². The van der Waals surface area contributed by atoms with E-state index in [2.05, 4.69) is 10.3 Å². The number of carbonyl (C=O) groups is 1. The van der Waals surface area contributed by atoms with Gasteiger partial charge in [-0.15, -0.1) is 0 Å². The van der Waals surface area contributed by atoms with Crippen LogP contribution in [0.5, 0.6) is 11.5 Å². The third kappa shape index (κ3) is 4.23. The predicted octanol–water partition coefficient (Wildman–Crippen LogP) is 4.51. The van der Waals surface area contributed by atoms with Crippen molar-refractivity contribution in [3.05, 3.63) is 72.4 Å². The van der Waals surface area contributed by atoms with Gasteiger partial charge in [0, 0.05) is 30.2 Å². The first-order chi connectivity index (χ1) is 13.7. The summed E-state index contributed by atoms with van der Waals surface area (Å²) in [5.74, 6) is 1.83. The van der Waals surface area contributed by atoms with Gasteiger partial charge in [-0.3, -0.25) is 4.79 Å². The normalized spacial score (nSPS) is 10.2. The third-order valence-electron chi connectivity index (χ3n) is 4.30. The number of carbonyl (C=O) groups excluding carboxylic acids is 1. The molecule has 1 N–H and O–H groups in total. The molecular formula is C22H23N3O3.